The van der Waals surface area contributed by atoms with Crippen LogP contribution in [0.15, 0.2) is 48.5 Å². The van der Waals surface area contributed by atoms with Gasteiger partial charge in [-0.15, -0.1) is 0 Å². The number of benzene rings is 2. The summed E-state index contributed by atoms with van der Waals surface area (Å²) < 4.78 is 37.8. The molecular formula is C20H19F2NO5. The van der Waals surface area contributed by atoms with E-state index in [1.54, 1.807) is 30.3 Å². The molecule has 3 rings (SSSR count). The molecule has 1 heterocycles. The summed E-state index contributed by atoms with van der Waals surface area (Å²) >= 11 is 0. The van der Waals surface area contributed by atoms with E-state index in [1.807, 2.05) is 0 Å². The monoisotopic (exact) mass is 391 g/mol. The number of hydrogen-bond acceptors (Lipinski definition) is 4. The number of rotatable bonds is 6. The second kappa shape index (κ2) is 8.79. The second-order valence-electron chi connectivity index (χ2n) is 6.36. The highest BCUT2D eigenvalue weighted by molar-refractivity contribution is 5.83. The zero-order valence-corrected chi connectivity index (χ0v) is 14.9. The molecule has 1 saturated heterocycles. The fourth-order valence-corrected chi connectivity index (χ4v) is 2.98. The zero-order chi connectivity index (χ0) is 20.1. The van der Waals surface area contributed by atoms with Crippen LogP contribution in [0.3, 0.4) is 0 Å². The van der Waals surface area contributed by atoms with Gasteiger partial charge in [0.1, 0.15) is 5.75 Å². The second-order valence-corrected chi connectivity index (χ2v) is 6.36. The number of nitrogens with zero attached hydrogens (tertiary/aromatic N) is 1. The summed E-state index contributed by atoms with van der Waals surface area (Å²) in [6, 6.07) is 11.7. The number of amides is 1. The van der Waals surface area contributed by atoms with Crippen LogP contribution in [0.1, 0.15) is 18.1 Å². The number of halogens is 2. The van der Waals surface area contributed by atoms with E-state index in [2.05, 4.69) is 0 Å². The first-order chi connectivity index (χ1) is 13.4. The van der Waals surface area contributed by atoms with Crippen molar-refractivity contribution in [2.75, 3.05) is 19.7 Å². The Labute approximate surface area is 160 Å². The third-order valence-corrected chi connectivity index (χ3v) is 4.32. The van der Waals surface area contributed by atoms with Crippen LogP contribution in [0.2, 0.25) is 0 Å². The van der Waals surface area contributed by atoms with Gasteiger partial charge in [-0.25, -0.2) is 8.78 Å². The highest BCUT2D eigenvalue weighted by Gasteiger charge is 2.32. The van der Waals surface area contributed by atoms with Gasteiger partial charge in [0.15, 0.2) is 11.6 Å². The SMILES string of the molecule is O=C(O)CC1CN(C(=O)C(Oc2ccc(F)c(F)c2)c2ccccc2)CCO1. The summed E-state index contributed by atoms with van der Waals surface area (Å²) in [5.41, 5.74) is 0.540. The molecule has 0 spiro atoms. The Balaban J connectivity index is 1.83. The molecule has 2 aromatic carbocycles. The minimum atomic E-state index is -1.09. The molecule has 2 aromatic rings. The van der Waals surface area contributed by atoms with Crippen molar-refractivity contribution in [3.63, 3.8) is 0 Å². The highest BCUT2D eigenvalue weighted by atomic mass is 19.2. The first-order valence-electron chi connectivity index (χ1n) is 8.73. The fraction of sp³-hybridized carbons (Fsp3) is 0.300. The summed E-state index contributed by atoms with van der Waals surface area (Å²) in [5, 5.41) is 8.95. The predicted octanol–water partition coefficient (Wildman–Crippen LogP) is 2.79. The molecule has 28 heavy (non-hydrogen) atoms. The minimum Gasteiger partial charge on any atom is -0.481 e. The van der Waals surface area contributed by atoms with Gasteiger partial charge in [0, 0.05) is 24.7 Å². The number of aliphatic carboxylic acids is 1. The molecule has 2 unspecified atom stereocenters. The summed E-state index contributed by atoms with van der Waals surface area (Å²) in [6.07, 6.45) is -1.92. The third-order valence-electron chi connectivity index (χ3n) is 4.32. The lowest BCUT2D eigenvalue weighted by molar-refractivity contribution is -0.151. The maximum atomic E-state index is 13.5. The van der Waals surface area contributed by atoms with Crippen molar-refractivity contribution in [3.8, 4) is 5.75 Å². The molecule has 1 aliphatic rings. The van der Waals surface area contributed by atoms with Crippen LogP contribution in [0.4, 0.5) is 8.78 Å². The van der Waals surface area contributed by atoms with E-state index in [9.17, 15) is 18.4 Å². The lowest BCUT2D eigenvalue weighted by Gasteiger charge is -2.34. The van der Waals surface area contributed by atoms with Crippen molar-refractivity contribution in [3.05, 3.63) is 65.7 Å². The van der Waals surface area contributed by atoms with Gasteiger partial charge in [0.2, 0.25) is 6.10 Å². The van der Waals surface area contributed by atoms with Gasteiger partial charge in [-0.2, -0.15) is 0 Å². The van der Waals surface area contributed by atoms with E-state index in [0.29, 0.717) is 5.56 Å². The van der Waals surface area contributed by atoms with Gasteiger partial charge in [-0.05, 0) is 12.1 Å². The molecule has 6 nitrogen and oxygen atoms in total. The maximum Gasteiger partial charge on any atom is 0.306 e. The molecule has 1 fully saturated rings. The molecule has 1 N–H and O–H groups in total. The highest BCUT2D eigenvalue weighted by Crippen LogP contribution is 2.26. The Morgan fingerprint density at radius 2 is 1.93 bits per heavy atom. The van der Waals surface area contributed by atoms with Gasteiger partial charge < -0.3 is 19.5 Å². The molecule has 148 valence electrons. The van der Waals surface area contributed by atoms with Crippen LogP contribution in [-0.2, 0) is 14.3 Å². The van der Waals surface area contributed by atoms with E-state index >= 15 is 0 Å². The van der Waals surface area contributed by atoms with Crippen LogP contribution >= 0.6 is 0 Å². The average Bonchev–Trinajstić information content (AvgIpc) is 2.68. The minimum absolute atomic E-state index is 0.0106. The predicted molar refractivity (Wildman–Crippen MR) is 94.7 cm³/mol. The number of morpholine rings is 1. The molecule has 0 aromatic heterocycles. The fourth-order valence-electron chi connectivity index (χ4n) is 2.98. The Hall–Kier alpha value is -3.00. The van der Waals surface area contributed by atoms with Crippen LogP contribution in [0.25, 0.3) is 0 Å². The standard InChI is InChI=1S/C20H19F2NO5/c21-16-7-6-14(10-17(16)22)28-19(13-4-2-1-3-5-13)20(26)23-8-9-27-15(12-23)11-18(24)25/h1-7,10,15,19H,8-9,11-12H2,(H,24,25). The van der Waals surface area contributed by atoms with Gasteiger partial charge in [0.05, 0.1) is 19.1 Å². The maximum absolute atomic E-state index is 13.5. The van der Waals surface area contributed by atoms with E-state index in [-0.39, 0.29) is 31.9 Å². The van der Waals surface area contributed by atoms with E-state index in [1.165, 1.54) is 11.0 Å². The lowest BCUT2D eigenvalue weighted by atomic mass is 10.1. The third kappa shape index (κ3) is 4.83. The lowest BCUT2D eigenvalue weighted by Crippen LogP contribution is -2.48. The van der Waals surface area contributed by atoms with Gasteiger partial charge >= 0.3 is 5.97 Å². The molecule has 0 aliphatic carbocycles. The zero-order valence-electron chi connectivity index (χ0n) is 14.9. The van der Waals surface area contributed by atoms with Gasteiger partial charge in [-0.1, -0.05) is 30.3 Å². The van der Waals surface area contributed by atoms with Crippen LogP contribution in [0.5, 0.6) is 5.75 Å². The molecule has 0 radical (unpaired) electrons. The molecular weight excluding hydrogens is 372 g/mol. The summed E-state index contributed by atoms with van der Waals surface area (Å²) in [7, 11) is 0. The number of hydrogen-bond donors (Lipinski definition) is 1. The summed E-state index contributed by atoms with van der Waals surface area (Å²) in [5.74, 6) is -3.51. The number of carbonyl (C=O) groups is 2. The van der Waals surface area contributed by atoms with Crippen molar-refractivity contribution in [2.24, 2.45) is 0 Å². The van der Waals surface area contributed by atoms with Gasteiger partial charge in [-0.3, -0.25) is 9.59 Å². The van der Waals surface area contributed by atoms with Crippen LogP contribution in [-0.4, -0.2) is 47.7 Å². The van der Waals surface area contributed by atoms with Crippen LogP contribution in [0, 0.1) is 11.6 Å². The van der Waals surface area contributed by atoms with Crippen LogP contribution < -0.4 is 4.74 Å². The largest absolute Gasteiger partial charge is 0.481 e. The first-order valence-corrected chi connectivity index (χ1v) is 8.73. The Bertz CT molecular complexity index is 846. The van der Waals surface area contributed by atoms with Crippen molar-refractivity contribution in [1.82, 2.24) is 4.90 Å². The number of carbonyl (C=O) groups excluding carboxylic acids is 1. The Morgan fingerprint density at radius 1 is 1.18 bits per heavy atom. The Kier molecular flexibility index (Phi) is 6.20. The molecule has 0 saturated carbocycles. The molecule has 2 atom stereocenters. The Morgan fingerprint density at radius 3 is 2.61 bits per heavy atom. The number of carboxylic acid groups (broad SMARTS) is 1. The summed E-state index contributed by atoms with van der Waals surface area (Å²) in [6.45, 7) is 0.589. The molecule has 1 amide bonds. The number of carboxylic acids is 1. The van der Waals surface area contributed by atoms with Crippen molar-refractivity contribution in [2.45, 2.75) is 18.6 Å². The van der Waals surface area contributed by atoms with Crippen molar-refractivity contribution >= 4 is 11.9 Å². The summed E-state index contributed by atoms with van der Waals surface area (Å²) in [4.78, 5) is 25.5. The quantitative estimate of drug-likeness (QED) is 0.820. The van der Waals surface area contributed by atoms with E-state index < -0.39 is 35.7 Å². The van der Waals surface area contributed by atoms with E-state index in [4.69, 9.17) is 14.6 Å². The average molecular weight is 391 g/mol. The van der Waals surface area contributed by atoms with Crippen molar-refractivity contribution in [1.29, 1.82) is 0 Å². The van der Waals surface area contributed by atoms with Crippen molar-refractivity contribution < 1.29 is 33.0 Å². The molecule has 0 bridgehead atoms. The first kappa shape index (κ1) is 19.8. The van der Waals surface area contributed by atoms with E-state index in [0.717, 1.165) is 12.1 Å². The smallest absolute Gasteiger partial charge is 0.306 e. The normalized spacial score (nSPS) is 17.8. The molecule has 1 aliphatic heterocycles. The molecule has 8 heteroatoms. The van der Waals surface area contributed by atoms with Gasteiger partial charge in [0.25, 0.3) is 5.91 Å². The number of ether oxygens (including phenoxy) is 2. The topological polar surface area (TPSA) is 76.1 Å².